The first-order valence-corrected chi connectivity index (χ1v) is 6.58. The lowest BCUT2D eigenvalue weighted by Gasteiger charge is -2.12. The van der Waals surface area contributed by atoms with Crippen LogP contribution in [0.3, 0.4) is 0 Å². The van der Waals surface area contributed by atoms with Gasteiger partial charge in [0, 0.05) is 22.7 Å². The van der Waals surface area contributed by atoms with Crippen molar-refractivity contribution in [1.29, 1.82) is 0 Å². The van der Waals surface area contributed by atoms with Gasteiger partial charge >= 0.3 is 0 Å². The summed E-state index contributed by atoms with van der Waals surface area (Å²) in [5.41, 5.74) is 9.04. The molecule has 1 aliphatic carbocycles. The molecule has 0 saturated heterocycles. The number of H-pyrrole nitrogens is 1. The lowest BCUT2D eigenvalue weighted by molar-refractivity contribution is 0.579. The van der Waals surface area contributed by atoms with E-state index >= 15 is 0 Å². The molecule has 1 aromatic heterocycles. The molecule has 1 aliphatic rings. The fourth-order valence-electron chi connectivity index (χ4n) is 2.93. The van der Waals surface area contributed by atoms with Crippen molar-refractivity contribution in [2.75, 3.05) is 5.73 Å². The number of nitrogens with zero attached hydrogens (tertiary/aromatic N) is 1. The number of nitrogen functional groups attached to an aromatic ring is 1. The number of hydrogen-bond acceptors (Lipinski definition) is 2. The maximum atomic E-state index is 5.87. The Balaban J connectivity index is 2.00. The number of benzene rings is 1. The topological polar surface area (TPSA) is 54.7 Å². The van der Waals surface area contributed by atoms with E-state index in [-0.39, 0.29) is 0 Å². The van der Waals surface area contributed by atoms with Crippen LogP contribution in [0.4, 0.5) is 5.69 Å². The molecule has 1 heterocycles. The van der Waals surface area contributed by atoms with Gasteiger partial charge in [0.2, 0.25) is 0 Å². The fraction of sp³-hybridized carbons (Fsp3) is 0.500. The van der Waals surface area contributed by atoms with E-state index in [1.165, 1.54) is 49.6 Å². The monoisotopic (exact) mass is 229 g/mol. The molecule has 90 valence electrons. The minimum Gasteiger partial charge on any atom is -0.399 e. The molecular weight excluding hydrogens is 210 g/mol. The third kappa shape index (κ3) is 2.02. The first-order valence-electron chi connectivity index (χ1n) is 6.58. The Bertz CT molecular complexity index is 507. The van der Waals surface area contributed by atoms with E-state index in [4.69, 9.17) is 5.73 Å². The number of aromatic amines is 1. The van der Waals surface area contributed by atoms with Crippen LogP contribution in [-0.2, 0) is 0 Å². The van der Waals surface area contributed by atoms with Gasteiger partial charge < -0.3 is 5.73 Å². The summed E-state index contributed by atoms with van der Waals surface area (Å²) in [5.74, 6) is 0.643. The van der Waals surface area contributed by atoms with Gasteiger partial charge in [-0.2, -0.15) is 5.10 Å². The van der Waals surface area contributed by atoms with Crippen LogP contribution in [0.25, 0.3) is 10.9 Å². The zero-order valence-electron chi connectivity index (χ0n) is 10.1. The highest BCUT2D eigenvalue weighted by Crippen LogP contribution is 2.34. The summed E-state index contributed by atoms with van der Waals surface area (Å²) < 4.78 is 0. The van der Waals surface area contributed by atoms with Crippen molar-refractivity contribution < 1.29 is 0 Å². The van der Waals surface area contributed by atoms with E-state index in [1.54, 1.807) is 0 Å². The Hall–Kier alpha value is -1.51. The van der Waals surface area contributed by atoms with Crippen LogP contribution in [0, 0.1) is 0 Å². The average Bonchev–Trinajstić information content (AvgIpc) is 2.58. The number of nitrogens with one attached hydrogen (secondary N) is 1. The molecular formula is C14H19N3. The van der Waals surface area contributed by atoms with Crippen molar-refractivity contribution in [3.05, 3.63) is 23.9 Å². The van der Waals surface area contributed by atoms with E-state index in [9.17, 15) is 0 Å². The SMILES string of the molecule is Nc1ccc2n[nH]c(C3CCCCCC3)c2c1. The van der Waals surface area contributed by atoms with Crippen LogP contribution >= 0.6 is 0 Å². The normalized spacial score (nSPS) is 18.4. The first-order chi connectivity index (χ1) is 8.34. The Kier molecular flexibility index (Phi) is 2.75. The first kappa shape index (κ1) is 10.6. The number of rotatable bonds is 1. The molecule has 3 heteroatoms. The number of nitrogens with two attached hydrogens (primary N) is 1. The quantitative estimate of drug-likeness (QED) is 0.580. The predicted octanol–water partition coefficient (Wildman–Crippen LogP) is 3.58. The van der Waals surface area contributed by atoms with Crippen molar-refractivity contribution in [3.63, 3.8) is 0 Å². The molecule has 0 unspecified atom stereocenters. The molecule has 3 nitrogen and oxygen atoms in total. The summed E-state index contributed by atoms with van der Waals surface area (Å²) in [5, 5.41) is 8.84. The van der Waals surface area contributed by atoms with Crippen molar-refractivity contribution >= 4 is 16.6 Å². The molecule has 0 bridgehead atoms. The van der Waals surface area contributed by atoms with E-state index in [2.05, 4.69) is 16.3 Å². The standard InChI is InChI=1S/C14H19N3/c15-11-7-8-13-12(9-11)14(17-16-13)10-5-3-1-2-4-6-10/h7-10H,1-6,15H2,(H,16,17). The highest BCUT2D eigenvalue weighted by atomic mass is 15.1. The summed E-state index contributed by atoms with van der Waals surface area (Å²) in [6.07, 6.45) is 8.01. The van der Waals surface area contributed by atoms with Gasteiger partial charge in [0.25, 0.3) is 0 Å². The van der Waals surface area contributed by atoms with Gasteiger partial charge in [0.05, 0.1) is 5.52 Å². The number of aromatic nitrogens is 2. The highest BCUT2D eigenvalue weighted by molar-refractivity contribution is 5.84. The van der Waals surface area contributed by atoms with Gasteiger partial charge in [-0.3, -0.25) is 5.10 Å². The summed E-state index contributed by atoms with van der Waals surface area (Å²) in [4.78, 5) is 0. The maximum absolute atomic E-state index is 5.87. The van der Waals surface area contributed by atoms with Crippen molar-refractivity contribution in [1.82, 2.24) is 10.2 Å². The highest BCUT2D eigenvalue weighted by Gasteiger charge is 2.18. The van der Waals surface area contributed by atoms with Crippen LogP contribution in [-0.4, -0.2) is 10.2 Å². The van der Waals surface area contributed by atoms with Gasteiger partial charge in [0.15, 0.2) is 0 Å². The third-order valence-electron chi connectivity index (χ3n) is 3.87. The van der Waals surface area contributed by atoms with E-state index in [0.717, 1.165) is 11.2 Å². The van der Waals surface area contributed by atoms with Crippen LogP contribution in [0.2, 0.25) is 0 Å². The molecule has 0 aliphatic heterocycles. The Morgan fingerprint density at radius 2 is 1.88 bits per heavy atom. The molecule has 3 rings (SSSR count). The van der Waals surface area contributed by atoms with Gasteiger partial charge in [-0.15, -0.1) is 0 Å². The number of hydrogen-bond donors (Lipinski definition) is 2. The second-order valence-electron chi connectivity index (χ2n) is 5.10. The third-order valence-corrected chi connectivity index (χ3v) is 3.87. The Morgan fingerprint density at radius 1 is 1.12 bits per heavy atom. The fourth-order valence-corrected chi connectivity index (χ4v) is 2.93. The molecule has 2 aromatic rings. The molecule has 17 heavy (non-hydrogen) atoms. The lowest BCUT2D eigenvalue weighted by atomic mass is 9.94. The Morgan fingerprint density at radius 3 is 2.65 bits per heavy atom. The van der Waals surface area contributed by atoms with Crippen molar-refractivity contribution in [3.8, 4) is 0 Å². The summed E-state index contributed by atoms with van der Waals surface area (Å²) >= 11 is 0. The molecule has 1 aromatic carbocycles. The smallest absolute Gasteiger partial charge is 0.0925 e. The molecule has 0 atom stereocenters. The summed E-state index contributed by atoms with van der Waals surface area (Å²) in [7, 11) is 0. The zero-order chi connectivity index (χ0) is 11.7. The van der Waals surface area contributed by atoms with Gasteiger partial charge in [-0.1, -0.05) is 25.7 Å². The van der Waals surface area contributed by atoms with Crippen molar-refractivity contribution in [2.45, 2.75) is 44.4 Å². The van der Waals surface area contributed by atoms with Crippen LogP contribution in [0.15, 0.2) is 18.2 Å². The maximum Gasteiger partial charge on any atom is 0.0925 e. The van der Waals surface area contributed by atoms with Crippen LogP contribution < -0.4 is 5.73 Å². The summed E-state index contributed by atoms with van der Waals surface area (Å²) in [6, 6.07) is 5.97. The summed E-state index contributed by atoms with van der Waals surface area (Å²) in [6.45, 7) is 0. The molecule has 0 spiro atoms. The van der Waals surface area contributed by atoms with Crippen LogP contribution in [0.5, 0.6) is 0 Å². The van der Waals surface area contributed by atoms with Gasteiger partial charge in [-0.25, -0.2) is 0 Å². The second-order valence-corrected chi connectivity index (χ2v) is 5.10. The molecule has 1 fully saturated rings. The van der Waals surface area contributed by atoms with Gasteiger partial charge in [-0.05, 0) is 31.0 Å². The molecule has 1 saturated carbocycles. The zero-order valence-corrected chi connectivity index (χ0v) is 10.1. The van der Waals surface area contributed by atoms with E-state index in [1.807, 2.05) is 12.1 Å². The van der Waals surface area contributed by atoms with Crippen LogP contribution in [0.1, 0.15) is 50.1 Å². The number of fused-ring (bicyclic) bond motifs is 1. The average molecular weight is 229 g/mol. The van der Waals surface area contributed by atoms with E-state index < -0.39 is 0 Å². The van der Waals surface area contributed by atoms with Gasteiger partial charge in [0.1, 0.15) is 0 Å². The molecule has 0 radical (unpaired) electrons. The molecule has 3 N–H and O–H groups in total. The van der Waals surface area contributed by atoms with E-state index in [0.29, 0.717) is 5.92 Å². The minimum absolute atomic E-state index is 0.643. The number of anilines is 1. The largest absolute Gasteiger partial charge is 0.399 e. The lowest BCUT2D eigenvalue weighted by Crippen LogP contribution is -1.98. The second kappa shape index (κ2) is 4.40. The Labute approximate surface area is 101 Å². The minimum atomic E-state index is 0.643. The van der Waals surface area contributed by atoms with Crippen molar-refractivity contribution in [2.24, 2.45) is 0 Å². The molecule has 0 amide bonds. The predicted molar refractivity (Wildman–Crippen MR) is 70.9 cm³/mol.